The molecule has 0 bridgehead atoms. The molecule has 0 amide bonds. The summed E-state index contributed by atoms with van der Waals surface area (Å²) in [4.78, 5) is 16.4. The van der Waals surface area contributed by atoms with Gasteiger partial charge in [-0.05, 0) is 19.1 Å². The highest BCUT2D eigenvalue weighted by molar-refractivity contribution is 7.20. The summed E-state index contributed by atoms with van der Waals surface area (Å²) in [5, 5.41) is 12.5. The molecule has 0 unspecified atom stereocenters. The van der Waals surface area contributed by atoms with E-state index in [2.05, 4.69) is 20.3 Å². The molecule has 6 nitrogen and oxygen atoms in total. The van der Waals surface area contributed by atoms with Gasteiger partial charge in [-0.15, -0.1) is 15.3 Å². The summed E-state index contributed by atoms with van der Waals surface area (Å²) >= 11 is 1.23. The Morgan fingerprint density at radius 2 is 2.00 bits per heavy atom. The summed E-state index contributed by atoms with van der Waals surface area (Å²) in [7, 11) is 0. The molecule has 1 aromatic carbocycles. The first-order valence-electron chi connectivity index (χ1n) is 5.57. The monoisotopic (exact) mass is 271 g/mol. The van der Waals surface area contributed by atoms with E-state index in [1.807, 2.05) is 30.3 Å². The molecule has 0 aliphatic heterocycles. The second kappa shape index (κ2) is 4.69. The molecule has 0 aliphatic rings. The molecule has 0 spiro atoms. The van der Waals surface area contributed by atoms with Crippen LogP contribution >= 0.6 is 11.3 Å². The summed E-state index contributed by atoms with van der Waals surface area (Å²) in [5.41, 5.74) is 1.19. The van der Waals surface area contributed by atoms with Crippen molar-refractivity contribution in [2.75, 3.05) is 0 Å². The van der Waals surface area contributed by atoms with Crippen molar-refractivity contribution in [1.29, 1.82) is 0 Å². The third kappa shape index (κ3) is 2.41. The zero-order chi connectivity index (χ0) is 13.2. The first kappa shape index (κ1) is 11.7. The average Bonchev–Trinajstić information content (AvgIpc) is 2.81. The van der Waals surface area contributed by atoms with Gasteiger partial charge in [0.15, 0.2) is 0 Å². The van der Waals surface area contributed by atoms with Gasteiger partial charge >= 0.3 is 0 Å². The molecule has 94 valence electrons. The van der Waals surface area contributed by atoms with Crippen LogP contribution < -0.4 is 5.56 Å². The molecule has 7 heteroatoms. The lowest BCUT2D eigenvalue weighted by atomic mass is 10.3. The highest BCUT2D eigenvalue weighted by Gasteiger charge is 2.06. The van der Waals surface area contributed by atoms with Gasteiger partial charge in [0.25, 0.3) is 10.7 Å². The summed E-state index contributed by atoms with van der Waals surface area (Å²) in [6, 6.07) is 10.8. The van der Waals surface area contributed by atoms with Crippen molar-refractivity contribution >= 4 is 27.1 Å². The lowest BCUT2D eigenvalue weighted by Crippen LogP contribution is -2.13. The Labute approximate surface area is 112 Å². The molecular formula is C12H9N5OS. The molecule has 0 N–H and O–H groups in total. The molecule has 0 fully saturated rings. The highest BCUT2D eigenvalue weighted by Crippen LogP contribution is 2.22. The quantitative estimate of drug-likeness (QED) is 0.673. The van der Waals surface area contributed by atoms with Gasteiger partial charge in [-0.25, -0.2) is 4.98 Å². The lowest BCUT2D eigenvalue weighted by molar-refractivity contribution is 0.885. The van der Waals surface area contributed by atoms with Crippen molar-refractivity contribution in [3.8, 4) is 0 Å². The van der Waals surface area contributed by atoms with E-state index in [0.717, 1.165) is 5.69 Å². The van der Waals surface area contributed by atoms with E-state index in [1.165, 1.54) is 21.9 Å². The SMILES string of the molecule is Cc1cc(=O)n2nc(N=Nc3ccccc3)sc2n1. The molecule has 0 aliphatic carbocycles. The Bertz CT molecular complexity index is 806. The minimum absolute atomic E-state index is 0.208. The zero-order valence-electron chi connectivity index (χ0n) is 10.0. The number of fused-ring (bicyclic) bond motifs is 1. The minimum atomic E-state index is -0.208. The van der Waals surface area contributed by atoms with Crippen LogP contribution in [0.15, 0.2) is 51.4 Å². The van der Waals surface area contributed by atoms with Crippen LogP contribution in [0.5, 0.6) is 0 Å². The fourth-order valence-corrected chi connectivity index (χ4v) is 2.32. The number of benzene rings is 1. The summed E-state index contributed by atoms with van der Waals surface area (Å²) < 4.78 is 1.23. The number of hydrogen-bond donors (Lipinski definition) is 0. The van der Waals surface area contributed by atoms with Crippen molar-refractivity contribution in [1.82, 2.24) is 14.6 Å². The van der Waals surface area contributed by atoms with Crippen LogP contribution in [0.4, 0.5) is 10.8 Å². The molecule has 0 atom stereocenters. The maximum atomic E-state index is 11.7. The first-order valence-corrected chi connectivity index (χ1v) is 6.38. The number of hydrogen-bond acceptors (Lipinski definition) is 6. The zero-order valence-corrected chi connectivity index (χ0v) is 10.8. The fourth-order valence-electron chi connectivity index (χ4n) is 1.55. The van der Waals surface area contributed by atoms with E-state index >= 15 is 0 Å². The number of aromatic nitrogens is 3. The van der Waals surface area contributed by atoms with Gasteiger partial charge in [0.05, 0.1) is 5.69 Å². The standard InChI is InChI=1S/C12H9N5OS/c1-8-7-10(18)17-12(13-8)19-11(16-17)15-14-9-5-3-2-4-6-9/h2-7H,1H3. The molecule has 0 radical (unpaired) electrons. The average molecular weight is 271 g/mol. The van der Waals surface area contributed by atoms with E-state index in [-0.39, 0.29) is 5.56 Å². The maximum Gasteiger partial charge on any atom is 0.275 e. The Hall–Kier alpha value is -2.41. The number of nitrogens with zero attached hydrogens (tertiary/aromatic N) is 5. The normalized spacial score (nSPS) is 11.4. The molecular weight excluding hydrogens is 262 g/mol. The Morgan fingerprint density at radius 1 is 1.21 bits per heavy atom. The first-order chi connectivity index (χ1) is 9.22. The van der Waals surface area contributed by atoms with E-state index < -0.39 is 0 Å². The maximum absolute atomic E-state index is 11.7. The van der Waals surface area contributed by atoms with E-state index in [0.29, 0.717) is 15.8 Å². The van der Waals surface area contributed by atoms with Gasteiger partial charge in [0.1, 0.15) is 0 Å². The van der Waals surface area contributed by atoms with Crippen LogP contribution in [0, 0.1) is 6.92 Å². The van der Waals surface area contributed by atoms with E-state index in [4.69, 9.17) is 0 Å². The van der Waals surface area contributed by atoms with Crippen LogP contribution in [-0.2, 0) is 0 Å². The predicted molar refractivity (Wildman–Crippen MR) is 72.5 cm³/mol. The largest absolute Gasteiger partial charge is 0.275 e. The molecule has 2 aromatic heterocycles. The Morgan fingerprint density at radius 3 is 2.79 bits per heavy atom. The second-order valence-corrected chi connectivity index (χ2v) is 4.78. The van der Waals surface area contributed by atoms with E-state index in [1.54, 1.807) is 6.92 Å². The van der Waals surface area contributed by atoms with Gasteiger partial charge in [-0.1, -0.05) is 29.5 Å². The van der Waals surface area contributed by atoms with Gasteiger partial charge in [0, 0.05) is 11.8 Å². The summed E-state index contributed by atoms with van der Waals surface area (Å²) in [5.74, 6) is 0. The fraction of sp³-hybridized carbons (Fsp3) is 0.0833. The third-order valence-electron chi connectivity index (χ3n) is 2.37. The minimum Gasteiger partial charge on any atom is -0.267 e. The Kier molecular flexibility index (Phi) is 2.88. The van der Waals surface area contributed by atoms with Crippen molar-refractivity contribution < 1.29 is 0 Å². The van der Waals surface area contributed by atoms with Gasteiger partial charge in [0.2, 0.25) is 4.96 Å². The van der Waals surface area contributed by atoms with Crippen LogP contribution in [0.2, 0.25) is 0 Å². The van der Waals surface area contributed by atoms with Crippen molar-refractivity contribution in [2.45, 2.75) is 6.92 Å². The van der Waals surface area contributed by atoms with Crippen LogP contribution in [0.25, 0.3) is 4.96 Å². The lowest BCUT2D eigenvalue weighted by Gasteiger charge is -1.89. The molecule has 3 aromatic rings. The number of aryl methyl sites for hydroxylation is 1. The second-order valence-electron chi connectivity index (χ2n) is 3.85. The van der Waals surface area contributed by atoms with Gasteiger partial charge < -0.3 is 0 Å². The van der Waals surface area contributed by atoms with E-state index in [9.17, 15) is 4.79 Å². The van der Waals surface area contributed by atoms with Crippen LogP contribution in [-0.4, -0.2) is 14.6 Å². The van der Waals surface area contributed by atoms with Crippen LogP contribution in [0.3, 0.4) is 0 Å². The predicted octanol–water partition coefficient (Wildman–Crippen LogP) is 2.87. The topological polar surface area (TPSA) is 72.0 Å². The van der Waals surface area contributed by atoms with Gasteiger partial charge in [-0.3, -0.25) is 4.79 Å². The number of rotatable bonds is 2. The molecule has 19 heavy (non-hydrogen) atoms. The highest BCUT2D eigenvalue weighted by atomic mass is 32.1. The van der Waals surface area contributed by atoms with Crippen LogP contribution in [0.1, 0.15) is 5.69 Å². The smallest absolute Gasteiger partial charge is 0.267 e. The van der Waals surface area contributed by atoms with Crippen molar-refractivity contribution in [3.05, 3.63) is 52.4 Å². The molecule has 2 heterocycles. The summed E-state index contributed by atoms with van der Waals surface area (Å²) in [6.07, 6.45) is 0. The number of azo groups is 1. The Balaban J connectivity index is 2.01. The van der Waals surface area contributed by atoms with Gasteiger partial charge in [-0.2, -0.15) is 4.52 Å². The van der Waals surface area contributed by atoms with Crippen molar-refractivity contribution in [3.63, 3.8) is 0 Å². The molecule has 0 saturated heterocycles. The molecule has 3 rings (SSSR count). The third-order valence-corrected chi connectivity index (χ3v) is 3.16. The molecule has 0 saturated carbocycles. The van der Waals surface area contributed by atoms with Crippen molar-refractivity contribution in [2.24, 2.45) is 10.2 Å². The summed E-state index contributed by atoms with van der Waals surface area (Å²) in [6.45, 7) is 1.77.